The van der Waals surface area contributed by atoms with Crippen LogP contribution in [-0.2, 0) is 9.59 Å². The number of alkyl halides is 1. The van der Waals surface area contributed by atoms with Gasteiger partial charge in [0.15, 0.2) is 0 Å². The van der Waals surface area contributed by atoms with Gasteiger partial charge < -0.3 is 10.2 Å². The smallest absolute Gasteiger partial charge is 0.244 e. The molecule has 0 spiro atoms. The van der Waals surface area contributed by atoms with Crippen molar-refractivity contribution in [3.8, 4) is 0 Å². The van der Waals surface area contributed by atoms with Gasteiger partial charge in [0.25, 0.3) is 0 Å². The Morgan fingerprint density at radius 3 is 2.47 bits per heavy atom. The van der Waals surface area contributed by atoms with E-state index in [0.717, 1.165) is 5.56 Å². The lowest BCUT2D eigenvalue weighted by molar-refractivity contribution is -0.140. The molecule has 1 N–H and O–H groups in total. The van der Waals surface area contributed by atoms with Crippen molar-refractivity contribution in [2.75, 3.05) is 19.6 Å². The van der Waals surface area contributed by atoms with Gasteiger partial charge in [-0.15, -0.1) is 0 Å². The summed E-state index contributed by atoms with van der Waals surface area (Å²) in [7, 11) is 0. The van der Waals surface area contributed by atoms with Crippen molar-refractivity contribution in [1.29, 1.82) is 0 Å². The van der Waals surface area contributed by atoms with E-state index < -0.39 is 29.7 Å². The predicted octanol–water partition coefficient (Wildman–Crippen LogP) is 4.56. The van der Waals surface area contributed by atoms with E-state index in [9.17, 15) is 18.4 Å². The highest BCUT2D eigenvalue weighted by atomic mass is 19.1. The summed E-state index contributed by atoms with van der Waals surface area (Å²) in [4.78, 5) is 27.9. The van der Waals surface area contributed by atoms with Crippen LogP contribution in [0.4, 0.5) is 8.78 Å². The van der Waals surface area contributed by atoms with Gasteiger partial charge in [0, 0.05) is 6.42 Å². The first-order valence-electron chi connectivity index (χ1n) is 12.3. The minimum absolute atomic E-state index is 0.0171. The number of nitrogens with one attached hydrogen (secondary N) is 1. The quantitative estimate of drug-likeness (QED) is 0.610. The van der Waals surface area contributed by atoms with E-state index in [4.69, 9.17) is 0 Å². The maximum atomic E-state index is 14.9. The maximum Gasteiger partial charge on any atom is 0.244 e. The number of rotatable bonds is 7. The van der Waals surface area contributed by atoms with Crippen LogP contribution in [0.3, 0.4) is 0 Å². The van der Waals surface area contributed by atoms with E-state index in [1.54, 1.807) is 17.1 Å². The van der Waals surface area contributed by atoms with Gasteiger partial charge >= 0.3 is 0 Å². The Morgan fingerprint density at radius 2 is 1.86 bits per heavy atom. The van der Waals surface area contributed by atoms with Crippen molar-refractivity contribution in [3.05, 3.63) is 71.0 Å². The Morgan fingerprint density at radius 1 is 1.14 bits per heavy atom. The van der Waals surface area contributed by atoms with Crippen LogP contribution in [0, 0.1) is 5.82 Å². The monoisotopic (exact) mass is 497 g/mol. The summed E-state index contributed by atoms with van der Waals surface area (Å²) in [5.74, 6) is -1.19. The number of carbonyl (C=O) groups excluding carboxylic acids is 2. The molecular formula is C27H33F2N5O2. The number of benzene rings is 2. The highest BCUT2D eigenvalue weighted by molar-refractivity contribution is 5.89. The van der Waals surface area contributed by atoms with Crippen molar-refractivity contribution < 1.29 is 18.4 Å². The number of hydrogen-bond acceptors (Lipinski definition) is 5. The first-order chi connectivity index (χ1) is 17.1. The fraction of sp³-hybridized carbons (Fsp3) is 0.481. The van der Waals surface area contributed by atoms with Crippen LogP contribution < -0.4 is 5.32 Å². The van der Waals surface area contributed by atoms with Gasteiger partial charge in [-0.25, -0.2) is 8.78 Å². The highest BCUT2D eigenvalue weighted by Crippen LogP contribution is 2.29. The molecule has 2 aromatic carbocycles. The Kier molecular flexibility index (Phi) is 7.38. The van der Waals surface area contributed by atoms with Crippen LogP contribution >= 0.6 is 0 Å². The van der Waals surface area contributed by atoms with E-state index >= 15 is 0 Å². The van der Waals surface area contributed by atoms with Crippen LogP contribution in [0.2, 0.25) is 0 Å². The lowest BCUT2D eigenvalue weighted by atomic mass is 9.94. The Labute approximate surface area is 210 Å². The number of nitrogens with zero attached hydrogens (tertiary/aromatic N) is 4. The minimum Gasteiger partial charge on any atom is -0.343 e. The standard InChI is InChI=1S/C27H33F2N5O2/c1-17(2)21-11-10-19(12-22(21)29)25(18-8-6-5-7-9-18)31-26(36)23-13-20(28)14-33(23)24(35)15-34-27(3,4)16-30-32-34/h5-12,17,20,23,25H,13-16H2,1-4H3,(H,31,36)/t20-,23+,25+/m1/s1. The molecule has 2 heterocycles. The molecule has 2 aliphatic heterocycles. The first-order valence-corrected chi connectivity index (χ1v) is 12.3. The highest BCUT2D eigenvalue weighted by Gasteiger charge is 2.42. The SMILES string of the molecule is CC(C)c1ccc([C@@H](NC(=O)[C@@H]2C[C@@H](F)CN2C(=O)CN2N=NCC2(C)C)c2ccccc2)cc1F. The molecule has 0 radical (unpaired) electrons. The van der Waals surface area contributed by atoms with Gasteiger partial charge in [-0.05, 0) is 42.5 Å². The molecule has 0 unspecified atom stereocenters. The second-order valence-electron chi connectivity index (χ2n) is 10.4. The normalized spacial score (nSPS) is 21.8. The molecular weight excluding hydrogens is 464 g/mol. The Hall–Kier alpha value is -3.36. The maximum absolute atomic E-state index is 14.9. The lowest BCUT2D eigenvalue weighted by Crippen LogP contribution is -2.51. The summed E-state index contributed by atoms with van der Waals surface area (Å²) in [5, 5.41) is 12.6. The number of carbonyl (C=O) groups is 2. The molecule has 3 atom stereocenters. The van der Waals surface area contributed by atoms with E-state index in [1.165, 1.54) is 11.0 Å². The molecule has 192 valence electrons. The minimum atomic E-state index is -1.31. The number of halogens is 2. The van der Waals surface area contributed by atoms with Gasteiger partial charge in [0.05, 0.1) is 24.7 Å². The van der Waals surface area contributed by atoms with E-state index in [1.807, 2.05) is 58.0 Å². The summed E-state index contributed by atoms with van der Waals surface area (Å²) >= 11 is 0. The molecule has 7 nitrogen and oxygen atoms in total. The molecule has 1 fully saturated rings. The molecule has 4 rings (SSSR count). The Balaban J connectivity index is 1.57. The summed E-state index contributed by atoms with van der Waals surface area (Å²) in [5.41, 5.74) is 1.50. The molecule has 0 aliphatic carbocycles. The molecule has 2 aliphatic rings. The third-order valence-corrected chi connectivity index (χ3v) is 6.89. The van der Waals surface area contributed by atoms with Crippen molar-refractivity contribution in [1.82, 2.24) is 15.2 Å². The summed E-state index contributed by atoms with van der Waals surface area (Å²) < 4.78 is 29.3. The van der Waals surface area contributed by atoms with Crippen molar-refractivity contribution in [2.24, 2.45) is 10.3 Å². The van der Waals surface area contributed by atoms with E-state index in [-0.39, 0.29) is 37.2 Å². The van der Waals surface area contributed by atoms with Crippen LogP contribution in [-0.4, -0.2) is 59.1 Å². The van der Waals surface area contributed by atoms with Gasteiger partial charge in [-0.1, -0.05) is 61.5 Å². The zero-order valence-corrected chi connectivity index (χ0v) is 21.1. The molecule has 0 bridgehead atoms. The van der Waals surface area contributed by atoms with E-state index in [0.29, 0.717) is 17.7 Å². The fourth-order valence-corrected chi connectivity index (χ4v) is 4.69. The van der Waals surface area contributed by atoms with Gasteiger partial charge in [0.1, 0.15) is 24.6 Å². The molecule has 36 heavy (non-hydrogen) atoms. The lowest BCUT2D eigenvalue weighted by Gasteiger charge is -2.31. The zero-order chi connectivity index (χ0) is 26.0. The second kappa shape index (κ2) is 10.3. The van der Waals surface area contributed by atoms with Crippen LogP contribution in [0.25, 0.3) is 0 Å². The van der Waals surface area contributed by atoms with E-state index in [2.05, 4.69) is 15.7 Å². The molecule has 0 aromatic heterocycles. The summed E-state index contributed by atoms with van der Waals surface area (Å²) in [6.07, 6.45) is -1.40. The number of likely N-dealkylation sites (tertiary alicyclic amines) is 1. The Bertz CT molecular complexity index is 1140. The van der Waals surface area contributed by atoms with Crippen molar-refractivity contribution in [3.63, 3.8) is 0 Å². The largest absolute Gasteiger partial charge is 0.343 e. The average molecular weight is 498 g/mol. The molecule has 2 amide bonds. The average Bonchev–Trinajstić information content (AvgIpc) is 3.39. The molecule has 1 saturated heterocycles. The second-order valence-corrected chi connectivity index (χ2v) is 10.4. The van der Waals surface area contributed by atoms with Crippen LogP contribution in [0.15, 0.2) is 58.9 Å². The van der Waals surface area contributed by atoms with Gasteiger partial charge in [-0.3, -0.25) is 14.6 Å². The number of amides is 2. The van der Waals surface area contributed by atoms with Gasteiger partial charge in [0.2, 0.25) is 11.8 Å². The third kappa shape index (κ3) is 5.39. The number of hydrogen-bond donors (Lipinski definition) is 1. The van der Waals surface area contributed by atoms with Crippen molar-refractivity contribution >= 4 is 11.8 Å². The predicted molar refractivity (Wildman–Crippen MR) is 132 cm³/mol. The molecule has 9 heteroatoms. The third-order valence-electron chi connectivity index (χ3n) is 6.89. The summed E-state index contributed by atoms with van der Waals surface area (Å²) in [6.45, 7) is 7.88. The topological polar surface area (TPSA) is 77.4 Å². The van der Waals surface area contributed by atoms with Crippen LogP contribution in [0.5, 0.6) is 0 Å². The van der Waals surface area contributed by atoms with Crippen LogP contribution in [0.1, 0.15) is 62.8 Å². The van der Waals surface area contributed by atoms with Crippen molar-refractivity contribution in [2.45, 2.75) is 63.8 Å². The molecule has 0 saturated carbocycles. The van der Waals surface area contributed by atoms with Gasteiger partial charge in [-0.2, -0.15) is 5.11 Å². The summed E-state index contributed by atoms with van der Waals surface area (Å²) in [6, 6.07) is 12.5. The first kappa shape index (κ1) is 25.7. The molecule has 2 aromatic rings. The zero-order valence-electron chi connectivity index (χ0n) is 21.1. The fourth-order valence-electron chi connectivity index (χ4n) is 4.69.